The second-order valence-electron chi connectivity index (χ2n) is 6.07. The Hall–Kier alpha value is -2.74. The molecule has 1 fully saturated rings. The monoisotopic (exact) mass is 323 g/mol. The number of aromatic nitrogens is 2. The Kier molecular flexibility index (Phi) is 5.17. The van der Waals surface area contributed by atoms with Gasteiger partial charge in [-0.05, 0) is 24.3 Å². The third kappa shape index (κ3) is 4.17. The van der Waals surface area contributed by atoms with Gasteiger partial charge in [-0.25, -0.2) is 4.79 Å². The van der Waals surface area contributed by atoms with Crippen LogP contribution in [0.25, 0.3) is 0 Å². The van der Waals surface area contributed by atoms with E-state index in [0.717, 1.165) is 43.6 Å². The van der Waals surface area contributed by atoms with Gasteiger partial charge < -0.3 is 9.64 Å². The van der Waals surface area contributed by atoms with Crippen molar-refractivity contribution in [3.63, 3.8) is 0 Å². The molecule has 1 aliphatic heterocycles. The quantitative estimate of drug-likeness (QED) is 0.813. The Bertz CT molecular complexity index is 710. The number of terminal acetylenes is 1. The molecular formula is C19H21N3O2. The van der Waals surface area contributed by atoms with E-state index in [4.69, 9.17) is 11.2 Å². The van der Waals surface area contributed by atoms with Gasteiger partial charge in [-0.1, -0.05) is 36.3 Å². The molecule has 0 unspecified atom stereocenters. The van der Waals surface area contributed by atoms with E-state index < -0.39 is 0 Å². The van der Waals surface area contributed by atoms with Gasteiger partial charge in [-0.3, -0.25) is 4.68 Å². The Morgan fingerprint density at radius 2 is 2.04 bits per heavy atom. The van der Waals surface area contributed by atoms with Gasteiger partial charge >= 0.3 is 6.09 Å². The highest BCUT2D eigenvalue weighted by Crippen LogP contribution is 2.20. The Balaban J connectivity index is 1.42. The predicted molar refractivity (Wildman–Crippen MR) is 91.1 cm³/mol. The zero-order valence-electron chi connectivity index (χ0n) is 13.6. The minimum absolute atomic E-state index is 0.231. The van der Waals surface area contributed by atoms with Crippen LogP contribution in [0.4, 0.5) is 4.79 Å². The van der Waals surface area contributed by atoms with Crippen molar-refractivity contribution in [2.24, 2.45) is 5.92 Å². The average Bonchev–Trinajstić information content (AvgIpc) is 3.09. The van der Waals surface area contributed by atoms with Crippen LogP contribution in [0.5, 0.6) is 0 Å². The summed E-state index contributed by atoms with van der Waals surface area (Å²) in [6.45, 7) is 2.61. The molecule has 0 atom stereocenters. The van der Waals surface area contributed by atoms with E-state index >= 15 is 0 Å². The number of piperidine rings is 1. The first-order valence-corrected chi connectivity index (χ1v) is 8.19. The summed E-state index contributed by atoms with van der Waals surface area (Å²) >= 11 is 0. The highest BCUT2D eigenvalue weighted by atomic mass is 16.6. The van der Waals surface area contributed by atoms with Crippen LogP contribution in [0.2, 0.25) is 0 Å². The molecule has 0 N–H and O–H groups in total. The predicted octanol–water partition coefficient (Wildman–Crippen LogP) is 2.91. The Morgan fingerprint density at radius 3 is 2.71 bits per heavy atom. The van der Waals surface area contributed by atoms with Crippen molar-refractivity contribution in [3.8, 4) is 12.3 Å². The summed E-state index contributed by atoms with van der Waals surface area (Å²) in [5.41, 5.74) is 1.81. The summed E-state index contributed by atoms with van der Waals surface area (Å²) in [7, 11) is 0. The highest BCUT2D eigenvalue weighted by Gasteiger charge is 2.24. The molecule has 0 radical (unpaired) electrons. The summed E-state index contributed by atoms with van der Waals surface area (Å²) in [5.74, 6) is 3.09. The lowest BCUT2D eigenvalue weighted by Crippen LogP contribution is -2.39. The molecule has 0 bridgehead atoms. The molecule has 124 valence electrons. The number of amides is 1. The second-order valence-corrected chi connectivity index (χ2v) is 6.07. The zero-order valence-corrected chi connectivity index (χ0v) is 13.6. The highest BCUT2D eigenvalue weighted by molar-refractivity contribution is 5.67. The topological polar surface area (TPSA) is 47.4 Å². The van der Waals surface area contributed by atoms with Crippen LogP contribution in [0.3, 0.4) is 0 Å². The molecule has 0 aliphatic carbocycles. The summed E-state index contributed by atoms with van der Waals surface area (Å²) < 4.78 is 7.28. The fraction of sp³-hybridized carbons (Fsp3) is 0.368. The number of likely N-dealkylation sites (tertiary alicyclic amines) is 1. The molecule has 5 nitrogen and oxygen atoms in total. The lowest BCUT2D eigenvalue weighted by molar-refractivity contribution is 0.0803. The van der Waals surface area contributed by atoms with Crippen molar-refractivity contribution in [3.05, 3.63) is 53.9 Å². The molecular weight excluding hydrogens is 302 g/mol. The number of rotatable bonds is 4. The van der Waals surface area contributed by atoms with Gasteiger partial charge in [-0.2, -0.15) is 5.10 Å². The Labute approximate surface area is 142 Å². The number of carbonyl (C=O) groups excluding carboxylic acids is 1. The largest absolute Gasteiger partial charge is 0.445 e. The van der Waals surface area contributed by atoms with Crippen molar-refractivity contribution in [2.45, 2.75) is 26.0 Å². The molecule has 5 heteroatoms. The van der Waals surface area contributed by atoms with Crippen LogP contribution < -0.4 is 0 Å². The maximum absolute atomic E-state index is 12.1. The number of benzene rings is 1. The molecule has 1 aliphatic rings. The van der Waals surface area contributed by atoms with E-state index in [1.807, 2.05) is 41.2 Å². The lowest BCUT2D eigenvalue weighted by atomic mass is 9.97. The average molecular weight is 323 g/mol. The molecule has 1 aromatic carbocycles. The van der Waals surface area contributed by atoms with Gasteiger partial charge in [-0.15, -0.1) is 6.42 Å². The van der Waals surface area contributed by atoms with Crippen LogP contribution in [-0.4, -0.2) is 33.9 Å². The first-order valence-electron chi connectivity index (χ1n) is 8.19. The molecule has 1 aromatic heterocycles. The van der Waals surface area contributed by atoms with Gasteiger partial charge in [0.15, 0.2) is 0 Å². The molecule has 2 heterocycles. The molecule has 0 saturated carbocycles. The van der Waals surface area contributed by atoms with Crippen LogP contribution in [-0.2, 0) is 17.9 Å². The van der Waals surface area contributed by atoms with E-state index in [-0.39, 0.29) is 6.09 Å². The molecule has 2 aromatic rings. The summed E-state index contributed by atoms with van der Waals surface area (Å²) in [5, 5.41) is 4.27. The fourth-order valence-electron chi connectivity index (χ4n) is 2.91. The number of carbonyl (C=O) groups is 1. The third-order valence-corrected chi connectivity index (χ3v) is 4.32. The van der Waals surface area contributed by atoms with Crippen molar-refractivity contribution in [1.29, 1.82) is 0 Å². The summed E-state index contributed by atoms with van der Waals surface area (Å²) in [6.07, 6.45) is 10.6. The zero-order chi connectivity index (χ0) is 16.8. The van der Waals surface area contributed by atoms with Crippen molar-refractivity contribution in [1.82, 2.24) is 14.7 Å². The van der Waals surface area contributed by atoms with Crippen LogP contribution in [0.15, 0.2) is 42.7 Å². The van der Waals surface area contributed by atoms with E-state index in [1.165, 1.54) is 0 Å². The number of hydrogen-bond acceptors (Lipinski definition) is 3. The summed E-state index contributed by atoms with van der Waals surface area (Å²) in [6, 6.07) is 9.73. The molecule has 1 amide bonds. The van der Waals surface area contributed by atoms with E-state index in [0.29, 0.717) is 12.5 Å². The summed E-state index contributed by atoms with van der Waals surface area (Å²) in [4.78, 5) is 13.9. The third-order valence-electron chi connectivity index (χ3n) is 4.32. The first-order chi connectivity index (χ1) is 11.7. The molecule has 1 saturated heterocycles. The lowest BCUT2D eigenvalue weighted by Gasteiger charge is -2.31. The SMILES string of the molecule is C#Cc1cnn(CC2CCN(C(=O)OCc3ccccc3)CC2)c1. The van der Waals surface area contributed by atoms with Gasteiger partial charge in [0.2, 0.25) is 0 Å². The van der Waals surface area contributed by atoms with Crippen molar-refractivity contribution in [2.75, 3.05) is 13.1 Å². The molecule has 0 spiro atoms. The van der Waals surface area contributed by atoms with Gasteiger partial charge in [0, 0.05) is 25.8 Å². The number of hydrogen-bond donors (Lipinski definition) is 0. The Morgan fingerprint density at radius 1 is 1.29 bits per heavy atom. The standard InChI is InChI=1S/C19H21N3O2/c1-2-16-12-20-22(13-16)14-17-8-10-21(11-9-17)19(23)24-15-18-6-4-3-5-7-18/h1,3-7,12-13,17H,8-11,14-15H2. The van der Waals surface area contributed by atoms with Crippen LogP contribution in [0.1, 0.15) is 24.0 Å². The van der Waals surface area contributed by atoms with Gasteiger partial charge in [0.1, 0.15) is 6.61 Å². The van der Waals surface area contributed by atoms with Crippen LogP contribution in [0, 0.1) is 18.3 Å². The molecule has 3 rings (SSSR count). The normalized spacial score (nSPS) is 15.0. The maximum atomic E-state index is 12.1. The minimum atomic E-state index is -0.231. The number of ether oxygens (including phenoxy) is 1. The van der Waals surface area contributed by atoms with E-state index in [1.54, 1.807) is 11.1 Å². The van der Waals surface area contributed by atoms with E-state index in [9.17, 15) is 4.79 Å². The fourth-order valence-corrected chi connectivity index (χ4v) is 2.91. The molecule has 24 heavy (non-hydrogen) atoms. The van der Waals surface area contributed by atoms with Gasteiger partial charge in [0.25, 0.3) is 0 Å². The minimum Gasteiger partial charge on any atom is -0.445 e. The second kappa shape index (κ2) is 7.69. The smallest absolute Gasteiger partial charge is 0.410 e. The van der Waals surface area contributed by atoms with E-state index in [2.05, 4.69) is 11.0 Å². The van der Waals surface area contributed by atoms with Crippen LogP contribution >= 0.6 is 0 Å². The first kappa shape index (κ1) is 16.1. The van der Waals surface area contributed by atoms with Crippen molar-refractivity contribution >= 4 is 6.09 Å². The van der Waals surface area contributed by atoms with Gasteiger partial charge in [0.05, 0.1) is 11.8 Å². The maximum Gasteiger partial charge on any atom is 0.410 e. The van der Waals surface area contributed by atoms with Crippen molar-refractivity contribution < 1.29 is 9.53 Å². The number of nitrogens with zero attached hydrogens (tertiary/aromatic N) is 3.